The summed E-state index contributed by atoms with van der Waals surface area (Å²) in [5.74, 6) is -1.21. The van der Waals surface area contributed by atoms with E-state index < -0.39 is 26.7 Å². The summed E-state index contributed by atoms with van der Waals surface area (Å²) in [6, 6.07) is 15.3. The molecule has 35 heavy (non-hydrogen) atoms. The monoisotopic (exact) mass is 535 g/mol. The Kier molecular flexibility index (Phi) is 8.79. The van der Waals surface area contributed by atoms with E-state index in [1.165, 1.54) is 24.3 Å². The van der Waals surface area contributed by atoms with Gasteiger partial charge >= 0.3 is 0 Å². The van der Waals surface area contributed by atoms with Crippen molar-refractivity contribution >= 4 is 62.0 Å². The molecule has 7 nitrogen and oxygen atoms in total. The van der Waals surface area contributed by atoms with Crippen molar-refractivity contribution in [3.63, 3.8) is 0 Å². The lowest BCUT2D eigenvalue weighted by Crippen LogP contribution is -2.21. The molecule has 0 fully saturated rings. The molecule has 184 valence electrons. The van der Waals surface area contributed by atoms with E-state index in [9.17, 15) is 22.2 Å². The van der Waals surface area contributed by atoms with E-state index in [1.54, 1.807) is 36.4 Å². The smallest absolute Gasteiger partial charge is 0.298 e. The summed E-state index contributed by atoms with van der Waals surface area (Å²) in [7, 11) is -4.62. The topological polar surface area (TPSA) is 108 Å². The van der Waals surface area contributed by atoms with E-state index in [4.69, 9.17) is 23.8 Å². The maximum absolute atomic E-state index is 13.8. The van der Waals surface area contributed by atoms with Gasteiger partial charge in [-0.2, -0.15) is 8.42 Å². The quantitative estimate of drug-likeness (QED) is 0.203. The molecular formula is C24H23ClFN3O4S2. The highest BCUT2D eigenvalue weighted by Crippen LogP contribution is 2.33. The molecule has 0 radical (unpaired) electrons. The van der Waals surface area contributed by atoms with Crippen LogP contribution in [0.5, 0.6) is 0 Å². The van der Waals surface area contributed by atoms with E-state index >= 15 is 0 Å². The third-order valence-electron chi connectivity index (χ3n) is 5.00. The van der Waals surface area contributed by atoms with Gasteiger partial charge in [-0.25, -0.2) is 4.39 Å². The first-order valence-corrected chi connectivity index (χ1v) is 12.9. The molecule has 0 aliphatic carbocycles. The van der Waals surface area contributed by atoms with Gasteiger partial charge in [-0.3, -0.25) is 9.35 Å². The highest BCUT2D eigenvalue weighted by atomic mass is 35.5. The number of halogens is 2. The fraction of sp³-hybridized carbons (Fsp3) is 0.167. The molecule has 0 aliphatic heterocycles. The summed E-state index contributed by atoms with van der Waals surface area (Å²) in [5.41, 5.74) is 1.54. The summed E-state index contributed by atoms with van der Waals surface area (Å²) in [6.45, 7) is 2.00. The van der Waals surface area contributed by atoms with Crippen molar-refractivity contribution in [2.75, 3.05) is 16.0 Å². The van der Waals surface area contributed by atoms with E-state index in [-0.39, 0.29) is 21.4 Å². The van der Waals surface area contributed by atoms with Crippen LogP contribution in [0.1, 0.15) is 35.7 Å². The molecule has 4 N–H and O–H groups in total. The molecule has 0 aromatic heterocycles. The van der Waals surface area contributed by atoms with Crippen molar-refractivity contribution in [3.8, 4) is 0 Å². The number of hydrogen-bond donors (Lipinski definition) is 4. The van der Waals surface area contributed by atoms with Crippen LogP contribution in [0.25, 0.3) is 0 Å². The lowest BCUT2D eigenvalue weighted by molar-refractivity contribution is 0.102. The highest BCUT2D eigenvalue weighted by Gasteiger charge is 2.23. The minimum atomic E-state index is -4.62. The van der Waals surface area contributed by atoms with Gasteiger partial charge in [0.15, 0.2) is 5.11 Å². The molecule has 3 rings (SSSR count). The maximum Gasteiger partial charge on any atom is 0.298 e. The summed E-state index contributed by atoms with van der Waals surface area (Å²) >= 11 is 11.6. The second-order valence-corrected chi connectivity index (χ2v) is 9.73. The average molecular weight is 536 g/mol. The summed E-state index contributed by atoms with van der Waals surface area (Å²) in [6.07, 6.45) is 2.28. The van der Waals surface area contributed by atoms with Crippen molar-refractivity contribution in [2.45, 2.75) is 31.1 Å². The van der Waals surface area contributed by atoms with Crippen LogP contribution in [0, 0.1) is 5.82 Å². The zero-order valence-electron chi connectivity index (χ0n) is 18.6. The van der Waals surface area contributed by atoms with Gasteiger partial charge in [-0.1, -0.05) is 43.1 Å². The highest BCUT2D eigenvalue weighted by molar-refractivity contribution is 7.86. The van der Waals surface area contributed by atoms with E-state index in [2.05, 4.69) is 16.0 Å². The van der Waals surface area contributed by atoms with E-state index in [0.717, 1.165) is 12.8 Å². The zero-order chi connectivity index (χ0) is 25.6. The van der Waals surface area contributed by atoms with Crippen LogP contribution in [0.3, 0.4) is 0 Å². The van der Waals surface area contributed by atoms with Crippen LogP contribution >= 0.6 is 23.8 Å². The lowest BCUT2D eigenvalue weighted by Gasteiger charge is -2.16. The minimum Gasteiger partial charge on any atom is -0.332 e. The van der Waals surface area contributed by atoms with Crippen molar-refractivity contribution in [1.29, 1.82) is 0 Å². The van der Waals surface area contributed by atoms with Gasteiger partial charge in [0.25, 0.3) is 16.0 Å². The van der Waals surface area contributed by atoms with Gasteiger partial charge in [0.2, 0.25) is 0 Å². The number of rotatable bonds is 8. The van der Waals surface area contributed by atoms with Crippen LogP contribution in [0.2, 0.25) is 5.02 Å². The standard InChI is InChI=1S/C24H23ClFN3O4S2/c1-2-3-6-15-9-14-20(22(21(15)25)35(31,32)33)29-24(34)28-17-12-10-16(11-13-17)27-23(30)18-7-4-5-8-19(18)26/h4-5,7-14H,2-3,6H2,1H3,(H,27,30)(H2,28,29,34)(H,31,32,33). The summed E-state index contributed by atoms with van der Waals surface area (Å²) < 4.78 is 47.5. The molecule has 0 saturated carbocycles. The van der Waals surface area contributed by atoms with Crippen molar-refractivity contribution in [3.05, 3.63) is 82.6 Å². The number of hydrogen-bond acceptors (Lipinski definition) is 4. The number of amides is 1. The van der Waals surface area contributed by atoms with Gasteiger partial charge in [0, 0.05) is 11.4 Å². The third-order valence-corrected chi connectivity index (χ3v) is 6.69. The van der Waals surface area contributed by atoms with Gasteiger partial charge in [0.05, 0.1) is 16.3 Å². The van der Waals surface area contributed by atoms with E-state index in [0.29, 0.717) is 23.4 Å². The Hall–Kier alpha value is -3.05. The van der Waals surface area contributed by atoms with Gasteiger partial charge < -0.3 is 16.0 Å². The molecule has 0 saturated heterocycles. The third kappa shape index (κ3) is 6.98. The number of aryl methyl sites for hydroxylation is 1. The molecule has 1 amide bonds. The normalized spacial score (nSPS) is 11.1. The van der Waals surface area contributed by atoms with Crippen LogP contribution in [-0.2, 0) is 16.5 Å². The second kappa shape index (κ2) is 11.6. The number of anilines is 3. The number of carbonyl (C=O) groups is 1. The molecule has 0 bridgehead atoms. The average Bonchev–Trinajstić information content (AvgIpc) is 2.79. The zero-order valence-corrected chi connectivity index (χ0v) is 21.0. The number of carbonyl (C=O) groups excluding carboxylic acids is 1. The Morgan fingerprint density at radius 2 is 1.63 bits per heavy atom. The molecule has 3 aromatic rings. The van der Waals surface area contributed by atoms with Crippen molar-refractivity contribution in [1.82, 2.24) is 0 Å². The van der Waals surface area contributed by atoms with Gasteiger partial charge in [0.1, 0.15) is 10.7 Å². The fourth-order valence-electron chi connectivity index (χ4n) is 3.27. The van der Waals surface area contributed by atoms with Crippen LogP contribution in [-0.4, -0.2) is 24.0 Å². The van der Waals surface area contributed by atoms with Crippen LogP contribution < -0.4 is 16.0 Å². The molecular weight excluding hydrogens is 513 g/mol. The molecule has 0 unspecified atom stereocenters. The van der Waals surface area contributed by atoms with Gasteiger partial charge in [-0.15, -0.1) is 0 Å². The first kappa shape index (κ1) is 26.6. The molecule has 0 aliphatic rings. The molecule has 0 spiro atoms. The second-order valence-electron chi connectivity index (χ2n) is 7.58. The minimum absolute atomic E-state index is 0.0315. The van der Waals surface area contributed by atoms with Crippen molar-refractivity contribution in [2.24, 2.45) is 0 Å². The Bertz CT molecular complexity index is 1350. The SMILES string of the molecule is CCCCc1ccc(NC(=S)Nc2ccc(NC(=O)c3ccccc3F)cc2)c(S(=O)(=O)O)c1Cl. The predicted octanol–water partition coefficient (Wildman–Crippen LogP) is 6.13. The number of benzene rings is 3. The summed E-state index contributed by atoms with van der Waals surface area (Å²) in [4.78, 5) is 11.8. The lowest BCUT2D eigenvalue weighted by atomic mass is 10.1. The molecule has 0 heterocycles. The predicted molar refractivity (Wildman–Crippen MR) is 141 cm³/mol. The van der Waals surface area contributed by atoms with Gasteiger partial charge in [-0.05, 0) is 73.1 Å². The largest absolute Gasteiger partial charge is 0.332 e. The summed E-state index contributed by atoms with van der Waals surface area (Å²) in [5, 5.41) is 8.24. The Balaban J connectivity index is 1.70. The number of nitrogens with one attached hydrogen (secondary N) is 3. The molecule has 0 atom stereocenters. The number of unbranched alkanes of at least 4 members (excludes halogenated alkanes) is 1. The van der Waals surface area contributed by atoms with Crippen molar-refractivity contribution < 1.29 is 22.2 Å². The number of thiocarbonyl (C=S) groups is 1. The Morgan fingerprint density at radius 1 is 1.00 bits per heavy atom. The molecule has 3 aromatic carbocycles. The Morgan fingerprint density at radius 3 is 2.23 bits per heavy atom. The fourth-order valence-corrected chi connectivity index (χ4v) is 4.81. The Labute approximate surface area is 213 Å². The first-order valence-electron chi connectivity index (χ1n) is 10.6. The maximum atomic E-state index is 13.8. The first-order chi connectivity index (χ1) is 16.6. The van der Waals surface area contributed by atoms with E-state index in [1.807, 2.05) is 6.92 Å². The molecule has 11 heteroatoms. The van der Waals surface area contributed by atoms with Crippen LogP contribution in [0.15, 0.2) is 65.6 Å². The van der Waals surface area contributed by atoms with Crippen LogP contribution in [0.4, 0.5) is 21.5 Å².